The Balaban J connectivity index is 2.46. The average molecular weight is 316 g/mol. The van der Waals surface area contributed by atoms with Crippen molar-refractivity contribution < 1.29 is 14.6 Å². The van der Waals surface area contributed by atoms with Crippen LogP contribution in [0.5, 0.6) is 17.2 Å². The first-order valence-electron chi connectivity index (χ1n) is 7.61. The molecule has 0 aliphatic rings. The predicted octanol–water partition coefficient (Wildman–Crippen LogP) is 3.92. The number of anilines is 1. The fourth-order valence-corrected chi connectivity index (χ4v) is 2.60. The van der Waals surface area contributed by atoms with Crippen LogP contribution in [0.25, 0.3) is 0 Å². The number of ether oxygens (including phenoxy) is 2. The van der Waals surface area contributed by atoms with E-state index in [0.29, 0.717) is 11.5 Å². The second-order valence-corrected chi connectivity index (χ2v) is 5.82. The molecular weight excluding hydrogens is 292 g/mol. The van der Waals surface area contributed by atoms with Gasteiger partial charge in [0, 0.05) is 11.8 Å². The molecular formula is C18H24N2O3. The van der Waals surface area contributed by atoms with Gasteiger partial charge in [-0.1, -0.05) is 13.8 Å². The smallest absolute Gasteiger partial charge is 0.203 e. The van der Waals surface area contributed by atoms with Crippen LogP contribution in [0.1, 0.15) is 31.0 Å². The summed E-state index contributed by atoms with van der Waals surface area (Å²) in [5.41, 5.74) is 2.06. The molecule has 0 aliphatic carbocycles. The summed E-state index contributed by atoms with van der Waals surface area (Å²) in [5, 5.41) is 13.4. The fourth-order valence-electron chi connectivity index (χ4n) is 2.60. The first-order valence-corrected chi connectivity index (χ1v) is 7.61. The van der Waals surface area contributed by atoms with Gasteiger partial charge < -0.3 is 19.9 Å². The Hall–Kier alpha value is -2.43. The Kier molecular flexibility index (Phi) is 5.32. The van der Waals surface area contributed by atoms with Gasteiger partial charge >= 0.3 is 0 Å². The van der Waals surface area contributed by atoms with Crippen LogP contribution in [-0.4, -0.2) is 24.3 Å². The number of hydrogen-bond acceptors (Lipinski definition) is 5. The molecule has 0 bridgehead atoms. The molecule has 2 aromatic rings. The summed E-state index contributed by atoms with van der Waals surface area (Å²) < 4.78 is 10.8. The summed E-state index contributed by atoms with van der Waals surface area (Å²) in [6, 6.07) is 7.40. The number of pyridine rings is 1. The number of aryl methyl sites for hydroxylation is 1. The van der Waals surface area contributed by atoms with Gasteiger partial charge in [0.25, 0.3) is 0 Å². The Morgan fingerprint density at radius 2 is 1.78 bits per heavy atom. The number of benzene rings is 1. The Morgan fingerprint density at radius 3 is 2.35 bits per heavy atom. The number of phenolic OH excluding ortho intramolecular Hbond substituents is 1. The summed E-state index contributed by atoms with van der Waals surface area (Å²) in [4.78, 5) is 4.37. The minimum absolute atomic E-state index is 0.0336. The van der Waals surface area contributed by atoms with Gasteiger partial charge in [-0.3, -0.25) is 0 Å². The zero-order valence-corrected chi connectivity index (χ0v) is 14.3. The zero-order chi connectivity index (χ0) is 17.0. The molecule has 0 saturated carbocycles. The Morgan fingerprint density at radius 1 is 1.09 bits per heavy atom. The summed E-state index contributed by atoms with van der Waals surface area (Å²) in [7, 11) is 3.09. The molecule has 124 valence electrons. The van der Waals surface area contributed by atoms with Crippen molar-refractivity contribution in [1.82, 2.24) is 4.98 Å². The van der Waals surface area contributed by atoms with Crippen molar-refractivity contribution in [3.05, 3.63) is 41.6 Å². The predicted molar refractivity (Wildman–Crippen MR) is 91.4 cm³/mol. The summed E-state index contributed by atoms with van der Waals surface area (Å²) in [5.74, 6) is 2.02. The number of hydrogen-bond donors (Lipinski definition) is 2. The molecule has 0 saturated heterocycles. The van der Waals surface area contributed by atoms with Crippen LogP contribution in [0.2, 0.25) is 0 Å². The van der Waals surface area contributed by atoms with Crippen molar-refractivity contribution in [3.63, 3.8) is 0 Å². The van der Waals surface area contributed by atoms with Gasteiger partial charge in [0.2, 0.25) is 5.75 Å². The van der Waals surface area contributed by atoms with Crippen molar-refractivity contribution in [2.75, 3.05) is 19.5 Å². The maximum Gasteiger partial charge on any atom is 0.203 e. The average Bonchev–Trinajstić information content (AvgIpc) is 2.52. The van der Waals surface area contributed by atoms with Crippen LogP contribution in [0, 0.1) is 12.8 Å². The van der Waals surface area contributed by atoms with E-state index in [2.05, 4.69) is 24.1 Å². The second-order valence-electron chi connectivity index (χ2n) is 5.82. The minimum atomic E-state index is -0.0336. The lowest BCUT2D eigenvalue weighted by atomic mass is 9.94. The van der Waals surface area contributed by atoms with E-state index < -0.39 is 0 Å². The highest BCUT2D eigenvalue weighted by Crippen LogP contribution is 2.43. The molecule has 0 aliphatic heterocycles. The molecule has 5 heteroatoms. The molecule has 1 unspecified atom stereocenters. The molecule has 1 atom stereocenters. The number of nitrogens with one attached hydrogen (secondary N) is 1. The van der Waals surface area contributed by atoms with Crippen molar-refractivity contribution >= 4 is 5.82 Å². The van der Waals surface area contributed by atoms with Crippen LogP contribution in [-0.2, 0) is 0 Å². The van der Waals surface area contributed by atoms with Crippen LogP contribution in [0.3, 0.4) is 0 Å². The molecule has 1 heterocycles. The molecule has 0 radical (unpaired) electrons. The van der Waals surface area contributed by atoms with Crippen LogP contribution in [0.15, 0.2) is 30.5 Å². The van der Waals surface area contributed by atoms with Crippen molar-refractivity contribution in [2.24, 2.45) is 5.92 Å². The molecule has 2 N–H and O–H groups in total. The lowest BCUT2D eigenvalue weighted by Crippen LogP contribution is -2.18. The van der Waals surface area contributed by atoms with E-state index in [4.69, 9.17) is 9.47 Å². The van der Waals surface area contributed by atoms with Gasteiger partial charge in [-0.05, 0) is 42.7 Å². The third-order valence-corrected chi connectivity index (χ3v) is 3.75. The first-order chi connectivity index (χ1) is 11.0. The van der Waals surface area contributed by atoms with E-state index in [9.17, 15) is 5.11 Å². The second kappa shape index (κ2) is 7.22. The standard InChI is InChI=1S/C18H24N2O3/c1-11(2)16(20-15-10-12(3)8-9-19-15)13-6-7-14(21)18(23-5)17(13)22-4/h6-11,16,21H,1-5H3,(H,19,20). The first kappa shape index (κ1) is 16.9. The van der Waals surface area contributed by atoms with Gasteiger partial charge in [0.1, 0.15) is 5.82 Å². The molecule has 0 spiro atoms. The van der Waals surface area contributed by atoms with Gasteiger partial charge in [0.15, 0.2) is 11.5 Å². The highest BCUT2D eigenvalue weighted by atomic mass is 16.5. The Bertz CT molecular complexity index is 671. The summed E-state index contributed by atoms with van der Waals surface area (Å²) in [6.45, 7) is 6.26. The van der Waals surface area contributed by atoms with Crippen LogP contribution >= 0.6 is 0 Å². The molecule has 0 amide bonds. The topological polar surface area (TPSA) is 63.6 Å². The van der Waals surface area contributed by atoms with E-state index in [0.717, 1.165) is 16.9 Å². The molecule has 1 aromatic heterocycles. The number of rotatable bonds is 6. The summed E-state index contributed by atoms with van der Waals surface area (Å²) in [6.07, 6.45) is 1.78. The lowest BCUT2D eigenvalue weighted by Gasteiger charge is -2.26. The maximum absolute atomic E-state index is 9.96. The van der Waals surface area contributed by atoms with Crippen molar-refractivity contribution in [1.29, 1.82) is 0 Å². The SMILES string of the molecule is COc1c(O)ccc(C(Nc2cc(C)ccn2)C(C)C)c1OC. The quantitative estimate of drug-likeness (QED) is 0.845. The number of aromatic nitrogens is 1. The van der Waals surface area contributed by atoms with Crippen molar-refractivity contribution in [3.8, 4) is 17.2 Å². The number of nitrogens with zero attached hydrogens (tertiary/aromatic N) is 1. The highest BCUT2D eigenvalue weighted by Gasteiger charge is 2.24. The number of phenols is 1. The molecule has 5 nitrogen and oxygen atoms in total. The Labute approximate surface area is 137 Å². The fraction of sp³-hybridized carbons (Fsp3) is 0.389. The van der Waals surface area contributed by atoms with E-state index in [1.54, 1.807) is 19.4 Å². The molecule has 1 aromatic carbocycles. The number of aromatic hydroxyl groups is 1. The van der Waals surface area contributed by atoms with Crippen LogP contribution in [0.4, 0.5) is 5.82 Å². The molecule has 2 rings (SSSR count). The third-order valence-electron chi connectivity index (χ3n) is 3.75. The van der Waals surface area contributed by atoms with E-state index in [-0.39, 0.29) is 17.7 Å². The third kappa shape index (κ3) is 3.67. The normalized spacial score (nSPS) is 12.1. The van der Waals surface area contributed by atoms with E-state index in [1.165, 1.54) is 7.11 Å². The summed E-state index contributed by atoms with van der Waals surface area (Å²) >= 11 is 0. The van der Waals surface area contributed by atoms with Crippen LogP contribution < -0.4 is 14.8 Å². The van der Waals surface area contributed by atoms with Gasteiger partial charge in [0.05, 0.1) is 20.3 Å². The van der Waals surface area contributed by atoms with Crippen molar-refractivity contribution in [2.45, 2.75) is 26.8 Å². The maximum atomic E-state index is 9.96. The largest absolute Gasteiger partial charge is 0.504 e. The molecule has 23 heavy (non-hydrogen) atoms. The lowest BCUT2D eigenvalue weighted by molar-refractivity contribution is 0.327. The van der Waals surface area contributed by atoms with Gasteiger partial charge in [-0.25, -0.2) is 4.98 Å². The van der Waals surface area contributed by atoms with E-state index >= 15 is 0 Å². The molecule has 0 fully saturated rings. The monoisotopic (exact) mass is 316 g/mol. The minimum Gasteiger partial charge on any atom is -0.504 e. The highest BCUT2D eigenvalue weighted by molar-refractivity contribution is 5.57. The zero-order valence-electron chi connectivity index (χ0n) is 14.3. The number of methoxy groups -OCH3 is 2. The van der Waals surface area contributed by atoms with E-state index in [1.807, 2.05) is 25.1 Å². The van der Waals surface area contributed by atoms with Gasteiger partial charge in [-0.2, -0.15) is 0 Å². The van der Waals surface area contributed by atoms with Gasteiger partial charge in [-0.15, -0.1) is 0 Å².